The maximum absolute atomic E-state index is 13.0. The molecule has 0 N–H and O–H groups in total. The summed E-state index contributed by atoms with van der Waals surface area (Å²) >= 11 is 0. The molecular weight excluding hydrogens is 324 g/mol. The van der Waals surface area contributed by atoms with Crippen LogP contribution in [0.4, 0.5) is 0 Å². The summed E-state index contributed by atoms with van der Waals surface area (Å²) in [7, 11) is 0. The van der Waals surface area contributed by atoms with E-state index in [1.807, 2.05) is 71.4 Å². The zero-order valence-corrected chi connectivity index (χ0v) is 14.9. The number of likely N-dealkylation sites (tertiary alicyclic amines) is 1. The molecule has 1 aliphatic heterocycles. The highest BCUT2D eigenvalue weighted by molar-refractivity contribution is 5.93. The third kappa shape index (κ3) is 3.38. The summed E-state index contributed by atoms with van der Waals surface area (Å²) in [6.45, 7) is 3.48. The zero-order chi connectivity index (χ0) is 17.9. The summed E-state index contributed by atoms with van der Waals surface area (Å²) in [5, 5.41) is 4.42. The predicted octanol–water partition coefficient (Wildman–Crippen LogP) is 3.73. The molecule has 1 fully saturated rings. The molecule has 0 saturated carbocycles. The van der Waals surface area contributed by atoms with Gasteiger partial charge in [0.15, 0.2) is 0 Å². The van der Waals surface area contributed by atoms with Crippen LogP contribution in [0.3, 0.4) is 0 Å². The second kappa shape index (κ2) is 7.12. The molecule has 0 radical (unpaired) electrons. The van der Waals surface area contributed by atoms with Gasteiger partial charge in [-0.05, 0) is 48.6 Å². The Morgan fingerprint density at radius 3 is 2.77 bits per heavy atom. The second-order valence-electron chi connectivity index (χ2n) is 6.84. The first-order valence-electron chi connectivity index (χ1n) is 9.02. The first-order chi connectivity index (χ1) is 12.7. The number of nitrogens with zero attached hydrogens (tertiary/aromatic N) is 4. The molecule has 1 unspecified atom stereocenters. The number of hydrogen-bond donors (Lipinski definition) is 0. The van der Waals surface area contributed by atoms with Crippen LogP contribution in [-0.4, -0.2) is 38.7 Å². The van der Waals surface area contributed by atoms with Gasteiger partial charge in [0, 0.05) is 25.5 Å². The van der Waals surface area contributed by atoms with Gasteiger partial charge in [0.25, 0.3) is 5.91 Å². The van der Waals surface area contributed by atoms with E-state index in [0.29, 0.717) is 12.2 Å². The van der Waals surface area contributed by atoms with Gasteiger partial charge in [-0.15, -0.1) is 0 Å². The van der Waals surface area contributed by atoms with E-state index in [4.69, 9.17) is 0 Å². The monoisotopic (exact) mass is 346 g/mol. The van der Waals surface area contributed by atoms with Crippen LogP contribution in [-0.2, 0) is 0 Å². The van der Waals surface area contributed by atoms with Crippen molar-refractivity contribution in [2.24, 2.45) is 0 Å². The van der Waals surface area contributed by atoms with E-state index in [0.717, 1.165) is 36.1 Å². The topological polar surface area (TPSA) is 51.0 Å². The summed E-state index contributed by atoms with van der Waals surface area (Å²) in [6.07, 6.45) is 7.66. The summed E-state index contributed by atoms with van der Waals surface area (Å²) < 4.78 is 1.99. The van der Waals surface area contributed by atoms with Crippen LogP contribution in [0, 0.1) is 6.92 Å². The first kappa shape index (κ1) is 16.5. The number of carbonyl (C=O) groups excluding carboxylic acids is 1. The third-order valence-electron chi connectivity index (χ3n) is 4.87. The number of hydrogen-bond acceptors (Lipinski definition) is 3. The van der Waals surface area contributed by atoms with E-state index in [1.54, 1.807) is 6.20 Å². The number of amides is 1. The first-order valence-corrected chi connectivity index (χ1v) is 9.02. The van der Waals surface area contributed by atoms with Crippen LogP contribution in [0.1, 0.15) is 34.9 Å². The Morgan fingerprint density at radius 2 is 2.00 bits per heavy atom. The van der Waals surface area contributed by atoms with E-state index < -0.39 is 0 Å². The highest BCUT2D eigenvalue weighted by Crippen LogP contribution is 2.24. The van der Waals surface area contributed by atoms with Gasteiger partial charge < -0.3 is 4.90 Å². The molecule has 1 atom stereocenters. The van der Waals surface area contributed by atoms with Crippen molar-refractivity contribution >= 4 is 5.91 Å². The van der Waals surface area contributed by atoms with Gasteiger partial charge in [-0.25, -0.2) is 0 Å². The van der Waals surface area contributed by atoms with Gasteiger partial charge >= 0.3 is 0 Å². The van der Waals surface area contributed by atoms with Crippen molar-refractivity contribution in [3.63, 3.8) is 0 Å². The summed E-state index contributed by atoms with van der Waals surface area (Å²) in [5.74, 6) is -0.00337. The summed E-state index contributed by atoms with van der Waals surface area (Å²) in [6, 6.07) is 14.1. The van der Waals surface area contributed by atoms with Crippen molar-refractivity contribution in [1.82, 2.24) is 19.7 Å². The van der Waals surface area contributed by atoms with Crippen molar-refractivity contribution in [1.29, 1.82) is 0 Å². The van der Waals surface area contributed by atoms with Crippen molar-refractivity contribution < 1.29 is 4.79 Å². The fraction of sp³-hybridized carbons (Fsp3) is 0.286. The standard InChI is InChI=1S/C21H22N4O/c1-16-13-23-25(14-16)19-8-5-11-24(15-19)21(26)20-12-18(9-10-22-20)17-6-3-2-4-7-17/h2-4,6-7,9-10,12-14,19H,5,8,11,15H2,1H3. The number of piperidine rings is 1. The molecule has 1 aromatic carbocycles. The smallest absolute Gasteiger partial charge is 0.272 e. The normalized spacial score (nSPS) is 17.3. The number of carbonyl (C=O) groups is 1. The Morgan fingerprint density at radius 1 is 1.15 bits per heavy atom. The molecule has 3 aromatic rings. The van der Waals surface area contributed by atoms with E-state index in [-0.39, 0.29) is 11.9 Å². The quantitative estimate of drug-likeness (QED) is 0.726. The number of aryl methyl sites for hydroxylation is 1. The van der Waals surface area contributed by atoms with Gasteiger partial charge in [0.2, 0.25) is 0 Å². The minimum atomic E-state index is -0.00337. The van der Waals surface area contributed by atoms with Gasteiger partial charge in [-0.2, -0.15) is 5.10 Å². The maximum Gasteiger partial charge on any atom is 0.272 e. The van der Waals surface area contributed by atoms with Gasteiger partial charge in [0.05, 0.1) is 12.2 Å². The van der Waals surface area contributed by atoms with Gasteiger partial charge in [-0.1, -0.05) is 30.3 Å². The molecular formula is C21H22N4O. The number of rotatable bonds is 3. The molecule has 3 heterocycles. The van der Waals surface area contributed by atoms with Crippen LogP contribution in [0.2, 0.25) is 0 Å². The minimum Gasteiger partial charge on any atom is -0.335 e. The molecule has 5 heteroatoms. The van der Waals surface area contributed by atoms with Crippen molar-refractivity contribution in [3.8, 4) is 11.1 Å². The molecule has 0 aliphatic carbocycles. The highest BCUT2D eigenvalue weighted by Gasteiger charge is 2.26. The molecule has 26 heavy (non-hydrogen) atoms. The van der Waals surface area contributed by atoms with Crippen LogP contribution < -0.4 is 0 Å². The summed E-state index contributed by atoms with van der Waals surface area (Å²) in [4.78, 5) is 19.2. The number of benzene rings is 1. The lowest BCUT2D eigenvalue weighted by Gasteiger charge is -2.32. The Balaban J connectivity index is 1.54. The predicted molar refractivity (Wildman–Crippen MR) is 101 cm³/mol. The molecule has 2 aromatic heterocycles. The van der Waals surface area contributed by atoms with Gasteiger partial charge in [0.1, 0.15) is 5.69 Å². The van der Waals surface area contributed by atoms with Crippen molar-refractivity contribution in [2.45, 2.75) is 25.8 Å². The lowest BCUT2D eigenvalue weighted by Crippen LogP contribution is -2.41. The second-order valence-corrected chi connectivity index (χ2v) is 6.84. The molecule has 1 aliphatic rings. The number of pyridine rings is 1. The zero-order valence-electron chi connectivity index (χ0n) is 14.9. The van der Waals surface area contributed by atoms with Crippen LogP contribution >= 0.6 is 0 Å². The average molecular weight is 346 g/mol. The van der Waals surface area contributed by atoms with E-state index in [2.05, 4.69) is 10.1 Å². The largest absolute Gasteiger partial charge is 0.335 e. The molecule has 132 valence electrons. The molecule has 5 nitrogen and oxygen atoms in total. The van der Waals surface area contributed by atoms with E-state index >= 15 is 0 Å². The van der Waals surface area contributed by atoms with E-state index in [9.17, 15) is 4.79 Å². The average Bonchev–Trinajstić information content (AvgIpc) is 3.15. The fourth-order valence-corrected chi connectivity index (χ4v) is 3.51. The minimum absolute atomic E-state index is 0.00337. The van der Waals surface area contributed by atoms with Gasteiger partial charge in [-0.3, -0.25) is 14.5 Å². The molecule has 0 spiro atoms. The lowest BCUT2D eigenvalue weighted by atomic mass is 10.0. The Bertz CT molecular complexity index is 903. The molecule has 1 amide bonds. The third-order valence-corrected chi connectivity index (χ3v) is 4.87. The van der Waals surface area contributed by atoms with E-state index in [1.165, 1.54) is 0 Å². The van der Waals surface area contributed by atoms with Crippen LogP contribution in [0.25, 0.3) is 11.1 Å². The van der Waals surface area contributed by atoms with Crippen LogP contribution in [0.5, 0.6) is 0 Å². The summed E-state index contributed by atoms with van der Waals surface area (Å²) in [5.41, 5.74) is 3.75. The van der Waals surface area contributed by atoms with Crippen LogP contribution in [0.15, 0.2) is 61.1 Å². The van der Waals surface area contributed by atoms with Crippen molar-refractivity contribution in [3.05, 3.63) is 72.3 Å². The Hall–Kier alpha value is -2.95. The van der Waals surface area contributed by atoms with Crippen molar-refractivity contribution in [2.75, 3.05) is 13.1 Å². The molecule has 4 rings (SSSR count). The maximum atomic E-state index is 13.0. The lowest BCUT2D eigenvalue weighted by molar-refractivity contribution is 0.0667. The fourth-order valence-electron chi connectivity index (χ4n) is 3.51. The highest BCUT2D eigenvalue weighted by atomic mass is 16.2. The SMILES string of the molecule is Cc1cnn(C2CCCN(C(=O)c3cc(-c4ccccc4)ccn3)C2)c1. The molecule has 1 saturated heterocycles. The number of aromatic nitrogens is 3. The Labute approximate surface area is 153 Å². The Kier molecular flexibility index (Phi) is 4.52. The molecule has 0 bridgehead atoms.